The number of aromatic nitrogens is 1. The van der Waals surface area contributed by atoms with Crippen LogP contribution in [-0.4, -0.2) is 10.9 Å². The van der Waals surface area contributed by atoms with E-state index >= 15 is 0 Å². The van der Waals surface area contributed by atoms with Crippen LogP contribution in [0.1, 0.15) is 10.5 Å². The van der Waals surface area contributed by atoms with Gasteiger partial charge in [-0.2, -0.15) is 11.3 Å². The van der Waals surface area contributed by atoms with E-state index in [0.29, 0.717) is 11.4 Å². The maximum atomic E-state index is 12.2. The molecular formula is C14H12N4OS. The number of rotatable bonds is 3. The predicted octanol–water partition coefficient (Wildman–Crippen LogP) is 2.83. The molecule has 0 atom stereocenters. The number of hydrogen-bond acceptors (Lipinski definition) is 5. The van der Waals surface area contributed by atoms with Crippen molar-refractivity contribution in [2.75, 3.05) is 10.7 Å². The second kappa shape index (κ2) is 5.28. The van der Waals surface area contributed by atoms with Crippen molar-refractivity contribution in [3.05, 3.63) is 52.9 Å². The first-order valence-electron chi connectivity index (χ1n) is 5.98. The van der Waals surface area contributed by atoms with Gasteiger partial charge in [-0.15, -0.1) is 0 Å². The minimum Gasteiger partial charge on any atom is -0.323 e. The summed E-state index contributed by atoms with van der Waals surface area (Å²) < 4.78 is 0. The summed E-state index contributed by atoms with van der Waals surface area (Å²) in [5.74, 6) is 5.25. The number of nitrogens with zero attached hydrogens (tertiary/aromatic N) is 1. The number of pyridine rings is 1. The summed E-state index contributed by atoms with van der Waals surface area (Å²) >= 11 is 1.52. The predicted molar refractivity (Wildman–Crippen MR) is 81.8 cm³/mol. The fourth-order valence-corrected chi connectivity index (χ4v) is 2.53. The Morgan fingerprint density at radius 3 is 2.85 bits per heavy atom. The second-order valence-corrected chi connectivity index (χ2v) is 4.96. The van der Waals surface area contributed by atoms with Crippen molar-refractivity contribution in [2.24, 2.45) is 5.84 Å². The van der Waals surface area contributed by atoms with Crippen molar-refractivity contribution in [3.8, 4) is 0 Å². The first kappa shape index (κ1) is 12.6. The molecule has 0 radical (unpaired) electrons. The monoisotopic (exact) mass is 284 g/mol. The Kier molecular flexibility index (Phi) is 3.32. The maximum absolute atomic E-state index is 12.2. The molecule has 1 amide bonds. The molecule has 0 saturated carbocycles. The van der Waals surface area contributed by atoms with Crippen molar-refractivity contribution in [1.82, 2.24) is 4.98 Å². The molecule has 3 aromatic rings. The lowest BCUT2D eigenvalue weighted by atomic mass is 10.1. The highest BCUT2D eigenvalue weighted by Crippen LogP contribution is 2.23. The SMILES string of the molecule is NNc1cc(C(=O)Nc2ccsc2)nc2ccccc12. The molecule has 2 heterocycles. The zero-order chi connectivity index (χ0) is 13.9. The van der Waals surface area contributed by atoms with E-state index in [9.17, 15) is 4.79 Å². The highest BCUT2D eigenvalue weighted by molar-refractivity contribution is 7.08. The van der Waals surface area contributed by atoms with Crippen LogP contribution in [0, 0.1) is 0 Å². The quantitative estimate of drug-likeness (QED) is 0.510. The Labute approximate surface area is 119 Å². The molecule has 20 heavy (non-hydrogen) atoms. The number of carbonyl (C=O) groups is 1. The zero-order valence-corrected chi connectivity index (χ0v) is 11.3. The summed E-state index contributed by atoms with van der Waals surface area (Å²) in [5.41, 5.74) is 5.08. The van der Waals surface area contributed by atoms with Gasteiger partial charge in [0, 0.05) is 10.8 Å². The third-order valence-corrected chi connectivity index (χ3v) is 3.57. The van der Waals surface area contributed by atoms with Crippen LogP contribution >= 0.6 is 11.3 Å². The number of anilines is 2. The van der Waals surface area contributed by atoms with E-state index in [4.69, 9.17) is 5.84 Å². The van der Waals surface area contributed by atoms with E-state index in [2.05, 4.69) is 15.7 Å². The van der Waals surface area contributed by atoms with E-state index in [1.54, 1.807) is 6.07 Å². The Morgan fingerprint density at radius 2 is 2.10 bits per heavy atom. The number of hydrazine groups is 1. The highest BCUT2D eigenvalue weighted by atomic mass is 32.1. The Bertz CT molecular complexity index is 755. The minimum atomic E-state index is -0.259. The molecule has 0 aliphatic heterocycles. The zero-order valence-electron chi connectivity index (χ0n) is 10.5. The van der Waals surface area contributed by atoms with Crippen LogP contribution in [0.5, 0.6) is 0 Å². The van der Waals surface area contributed by atoms with Gasteiger partial charge in [-0.1, -0.05) is 18.2 Å². The maximum Gasteiger partial charge on any atom is 0.274 e. The fraction of sp³-hybridized carbons (Fsp3) is 0. The third-order valence-electron chi connectivity index (χ3n) is 2.88. The molecule has 0 fully saturated rings. The van der Waals surface area contributed by atoms with Crippen LogP contribution in [0.3, 0.4) is 0 Å². The normalized spacial score (nSPS) is 10.4. The number of fused-ring (bicyclic) bond motifs is 1. The minimum absolute atomic E-state index is 0.259. The van der Waals surface area contributed by atoms with Crippen LogP contribution < -0.4 is 16.6 Å². The number of amides is 1. The van der Waals surface area contributed by atoms with Gasteiger partial charge in [0.15, 0.2) is 0 Å². The molecule has 0 aliphatic rings. The average molecular weight is 284 g/mol. The smallest absolute Gasteiger partial charge is 0.274 e. The molecule has 0 aliphatic carbocycles. The van der Waals surface area contributed by atoms with Gasteiger partial charge in [0.1, 0.15) is 5.69 Å². The van der Waals surface area contributed by atoms with Crippen LogP contribution in [0.2, 0.25) is 0 Å². The largest absolute Gasteiger partial charge is 0.323 e. The number of nitrogens with two attached hydrogens (primary N) is 1. The Balaban J connectivity index is 2.01. The van der Waals surface area contributed by atoms with Crippen LogP contribution in [0.4, 0.5) is 11.4 Å². The molecule has 5 nitrogen and oxygen atoms in total. The molecule has 0 spiro atoms. The van der Waals surface area contributed by atoms with Gasteiger partial charge < -0.3 is 10.7 Å². The fourth-order valence-electron chi connectivity index (χ4n) is 1.94. The molecule has 1 aromatic carbocycles. The lowest BCUT2D eigenvalue weighted by molar-refractivity contribution is 0.102. The van der Waals surface area contributed by atoms with Crippen molar-refractivity contribution < 1.29 is 4.79 Å². The van der Waals surface area contributed by atoms with E-state index in [0.717, 1.165) is 16.6 Å². The van der Waals surface area contributed by atoms with Gasteiger partial charge in [0.25, 0.3) is 5.91 Å². The number of hydrogen-bond donors (Lipinski definition) is 3. The molecule has 0 saturated heterocycles. The van der Waals surface area contributed by atoms with Gasteiger partial charge in [-0.05, 0) is 23.6 Å². The van der Waals surface area contributed by atoms with Crippen molar-refractivity contribution in [3.63, 3.8) is 0 Å². The summed E-state index contributed by atoms with van der Waals surface area (Å²) in [6.07, 6.45) is 0. The van der Waals surface area contributed by atoms with Crippen molar-refractivity contribution in [2.45, 2.75) is 0 Å². The van der Waals surface area contributed by atoms with Gasteiger partial charge in [0.2, 0.25) is 0 Å². The van der Waals surface area contributed by atoms with Gasteiger partial charge in [-0.3, -0.25) is 10.6 Å². The summed E-state index contributed by atoms with van der Waals surface area (Å²) in [6, 6.07) is 11.0. The van der Waals surface area contributed by atoms with E-state index in [1.807, 2.05) is 41.1 Å². The van der Waals surface area contributed by atoms with E-state index < -0.39 is 0 Å². The molecule has 3 rings (SSSR count). The van der Waals surface area contributed by atoms with E-state index in [-0.39, 0.29) is 5.91 Å². The summed E-state index contributed by atoms with van der Waals surface area (Å²) in [6.45, 7) is 0. The number of thiophene rings is 1. The Morgan fingerprint density at radius 1 is 1.25 bits per heavy atom. The van der Waals surface area contributed by atoms with Crippen LogP contribution in [0.25, 0.3) is 10.9 Å². The lowest BCUT2D eigenvalue weighted by Crippen LogP contribution is -2.15. The topological polar surface area (TPSA) is 80.0 Å². The second-order valence-electron chi connectivity index (χ2n) is 4.18. The number of nitrogen functional groups attached to an aromatic ring is 1. The molecule has 0 unspecified atom stereocenters. The Hall–Kier alpha value is -2.44. The van der Waals surface area contributed by atoms with Gasteiger partial charge in [0.05, 0.1) is 16.9 Å². The average Bonchev–Trinajstić information content (AvgIpc) is 2.99. The summed E-state index contributed by atoms with van der Waals surface area (Å²) in [4.78, 5) is 16.5. The first-order valence-corrected chi connectivity index (χ1v) is 6.92. The number of benzene rings is 1. The van der Waals surface area contributed by atoms with Crippen LogP contribution in [0.15, 0.2) is 47.2 Å². The molecule has 0 bridgehead atoms. The lowest BCUT2D eigenvalue weighted by Gasteiger charge is -2.08. The number of carbonyl (C=O) groups excluding carboxylic acids is 1. The third kappa shape index (κ3) is 2.34. The molecule has 6 heteroatoms. The van der Waals surface area contributed by atoms with Crippen molar-refractivity contribution in [1.29, 1.82) is 0 Å². The van der Waals surface area contributed by atoms with Crippen LogP contribution in [-0.2, 0) is 0 Å². The van der Waals surface area contributed by atoms with Gasteiger partial charge in [-0.25, -0.2) is 4.98 Å². The molecule has 4 N–H and O–H groups in total. The number of para-hydroxylation sites is 1. The molecule has 2 aromatic heterocycles. The highest BCUT2D eigenvalue weighted by Gasteiger charge is 2.12. The standard InChI is InChI=1S/C14H12N4OS/c15-18-12-7-13(14(19)16-9-5-6-20-8-9)17-11-4-2-1-3-10(11)12/h1-8H,15H2,(H,16,19)(H,17,18). The first-order chi connectivity index (χ1) is 9.78. The number of nitrogens with one attached hydrogen (secondary N) is 2. The summed E-state index contributed by atoms with van der Waals surface area (Å²) in [7, 11) is 0. The van der Waals surface area contributed by atoms with E-state index in [1.165, 1.54) is 11.3 Å². The van der Waals surface area contributed by atoms with Gasteiger partial charge >= 0.3 is 0 Å². The summed E-state index contributed by atoms with van der Waals surface area (Å²) in [5, 5.41) is 7.43. The molecule has 100 valence electrons. The molecular weight excluding hydrogens is 272 g/mol. The van der Waals surface area contributed by atoms with Crippen molar-refractivity contribution >= 4 is 39.5 Å².